The van der Waals surface area contributed by atoms with E-state index in [1.807, 2.05) is 32.9 Å². The Balaban J connectivity index is 1.34. The number of pyridine rings is 1. The molecule has 1 N–H and O–H groups in total. The Hall–Kier alpha value is -3.49. The molecule has 2 aliphatic rings. The van der Waals surface area contributed by atoms with Crippen LogP contribution in [0.2, 0.25) is 0 Å². The van der Waals surface area contributed by atoms with Crippen LogP contribution in [-0.4, -0.2) is 46.5 Å². The zero-order valence-corrected chi connectivity index (χ0v) is 21.3. The molecule has 3 heterocycles. The third-order valence-corrected chi connectivity index (χ3v) is 6.61. The van der Waals surface area contributed by atoms with Crippen LogP contribution in [-0.2, 0) is 11.3 Å². The van der Waals surface area contributed by atoms with Gasteiger partial charge in [0.05, 0.1) is 17.8 Å². The molecule has 0 unspecified atom stereocenters. The van der Waals surface area contributed by atoms with Crippen LogP contribution in [0.1, 0.15) is 74.1 Å². The standard InChI is InChI=1S/C28H31F2N3O4/c1-27(2,3)37-26(35)32-16-21-13-20-12-19(14-22(17-4-5-17)24(20)36-21)23-7-6-18(15-31-23)25(34)33-10-8-28(29,30)9-11-33/h6-7,12-15,17H,4-5,8-11,16H2,1-3H3,(H,32,35). The number of carbonyl (C=O) groups is 2. The lowest BCUT2D eigenvalue weighted by molar-refractivity contribution is -0.0494. The fourth-order valence-corrected chi connectivity index (χ4v) is 4.55. The number of nitrogens with one attached hydrogen (secondary N) is 1. The van der Waals surface area contributed by atoms with Gasteiger partial charge < -0.3 is 19.4 Å². The average Bonchev–Trinajstić information content (AvgIpc) is 3.59. The van der Waals surface area contributed by atoms with E-state index in [4.69, 9.17) is 9.15 Å². The van der Waals surface area contributed by atoms with E-state index in [0.717, 1.165) is 34.9 Å². The molecule has 1 saturated heterocycles. The van der Waals surface area contributed by atoms with Gasteiger partial charge in [0.1, 0.15) is 16.9 Å². The molecule has 0 radical (unpaired) electrons. The highest BCUT2D eigenvalue weighted by molar-refractivity contribution is 5.94. The molecule has 0 atom stereocenters. The molecule has 2 fully saturated rings. The van der Waals surface area contributed by atoms with Gasteiger partial charge in [-0.15, -0.1) is 0 Å². The number of amides is 2. The van der Waals surface area contributed by atoms with E-state index in [1.165, 1.54) is 11.1 Å². The number of alkyl halides is 2. The van der Waals surface area contributed by atoms with E-state index >= 15 is 0 Å². The Morgan fingerprint density at radius 1 is 1.16 bits per heavy atom. The molecule has 1 saturated carbocycles. The normalized spacial score (nSPS) is 17.6. The molecule has 3 aromatic rings. The first kappa shape index (κ1) is 25.2. The van der Waals surface area contributed by atoms with Crippen molar-refractivity contribution in [3.63, 3.8) is 0 Å². The van der Waals surface area contributed by atoms with Crippen molar-refractivity contribution in [2.75, 3.05) is 13.1 Å². The van der Waals surface area contributed by atoms with Crippen molar-refractivity contribution in [3.05, 3.63) is 53.4 Å². The lowest BCUT2D eigenvalue weighted by Crippen LogP contribution is -2.42. The number of hydrogen-bond acceptors (Lipinski definition) is 5. The van der Waals surface area contributed by atoms with E-state index < -0.39 is 17.6 Å². The van der Waals surface area contributed by atoms with Gasteiger partial charge in [-0.1, -0.05) is 0 Å². The maximum atomic E-state index is 13.4. The van der Waals surface area contributed by atoms with Crippen LogP contribution in [0.3, 0.4) is 0 Å². The SMILES string of the molecule is CC(C)(C)OC(=O)NCc1cc2cc(-c3ccc(C(=O)N4CCC(F)(F)CC4)cn3)cc(C3CC3)c2o1. The molecule has 9 heteroatoms. The second kappa shape index (κ2) is 9.43. The molecule has 196 valence electrons. The van der Waals surface area contributed by atoms with E-state index in [0.29, 0.717) is 22.9 Å². The van der Waals surface area contributed by atoms with Crippen molar-refractivity contribution in [3.8, 4) is 11.3 Å². The van der Waals surface area contributed by atoms with Gasteiger partial charge >= 0.3 is 6.09 Å². The van der Waals surface area contributed by atoms with Crippen molar-refractivity contribution in [1.82, 2.24) is 15.2 Å². The first-order valence-corrected chi connectivity index (χ1v) is 12.6. The van der Waals surface area contributed by atoms with Crippen molar-refractivity contribution >= 4 is 23.0 Å². The number of aromatic nitrogens is 1. The zero-order valence-electron chi connectivity index (χ0n) is 21.3. The number of furan rings is 1. The predicted octanol–water partition coefficient (Wildman–Crippen LogP) is 6.27. The summed E-state index contributed by atoms with van der Waals surface area (Å²) in [4.78, 5) is 30.8. The maximum absolute atomic E-state index is 13.4. The van der Waals surface area contributed by atoms with Crippen LogP contribution in [0.4, 0.5) is 13.6 Å². The van der Waals surface area contributed by atoms with E-state index in [9.17, 15) is 18.4 Å². The van der Waals surface area contributed by atoms with Gasteiger partial charge in [-0.2, -0.15) is 0 Å². The molecular formula is C28H31F2N3O4. The highest BCUT2D eigenvalue weighted by Crippen LogP contribution is 2.45. The molecule has 7 nitrogen and oxygen atoms in total. The minimum atomic E-state index is -2.70. The zero-order chi connectivity index (χ0) is 26.4. The lowest BCUT2D eigenvalue weighted by atomic mass is 10.0. The van der Waals surface area contributed by atoms with Crippen LogP contribution in [0.25, 0.3) is 22.2 Å². The number of rotatable bonds is 5. The molecule has 5 rings (SSSR count). The van der Waals surface area contributed by atoms with Gasteiger partial charge in [-0.05, 0) is 75.4 Å². The second-order valence-electron chi connectivity index (χ2n) is 10.9. The summed E-state index contributed by atoms with van der Waals surface area (Å²) in [7, 11) is 0. The summed E-state index contributed by atoms with van der Waals surface area (Å²) < 4.78 is 38.3. The van der Waals surface area contributed by atoms with E-state index in [1.54, 1.807) is 12.1 Å². The van der Waals surface area contributed by atoms with Crippen molar-refractivity contribution < 1.29 is 27.5 Å². The Morgan fingerprint density at radius 3 is 2.51 bits per heavy atom. The molecule has 0 bridgehead atoms. The summed E-state index contributed by atoms with van der Waals surface area (Å²) in [6, 6.07) is 9.45. The minimum absolute atomic E-state index is 0.0423. The Morgan fingerprint density at radius 2 is 1.89 bits per heavy atom. The van der Waals surface area contributed by atoms with Crippen LogP contribution in [0.5, 0.6) is 0 Å². The monoisotopic (exact) mass is 511 g/mol. The quantitative estimate of drug-likeness (QED) is 0.437. The number of alkyl carbamates (subject to hydrolysis) is 1. The largest absolute Gasteiger partial charge is 0.459 e. The number of carbonyl (C=O) groups excluding carboxylic acids is 2. The summed E-state index contributed by atoms with van der Waals surface area (Å²) >= 11 is 0. The second-order valence-corrected chi connectivity index (χ2v) is 10.9. The molecule has 2 amide bonds. The summed E-state index contributed by atoms with van der Waals surface area (Å²) in [6.07, 6.45) is 2.55. The van der Waals surface area contributed by atoms with Gasteiger partial charge in [0.15, 0.2) is 0 Å². The number of nitrogens with zero attached hydrogens (tertiary/aromatic N) is 2. The molecule has 0 spiro atoms. The van der Waals surface area contributed by atoms with Gasteiger partial charge in [0, 0.05) is 43.1 Å². The highest BCUT2D eigenvalue weighted by atomic mass is 19.3. The summed E-state index contributed by atoms with van der Waals surface area (Å²) in [5.41, 5.74) is 3.32. The molecule has 2 aromatic heterocycles. The van der Waals surface area contributed by atoms with Crippen molar-refractivity contribution in [1.29, 1.82) is 0 Å². The Bertz CT molecular complexity index is 1310. The van der Waals surface area contributed by atoms with Crippen LogP contribution >= 0.6 is 0 Å². The van der Waals surface area contributed by atoms with Gasteiger partial charge in [0.25, 0.3) is 11.8 Å². The third kappa shape index (κ3) is 5.92. The number of halogens is 2. The third-order valence-electron chi connectivity index (χ3n) is 6.61. The Labute approximate surface area is 214 Å². The van der Waals surface area contributed by atoms with E-state index in [2.05, 4.69) is 16.4 Å². The molecular weight excluding hydrogens is 480 g/mol. The van der Waals surface area contributed by atoms with Gasteiger partial charge in [-0.3, -0.25) is 9.78 Å². The highest BCUT2D eigenvalue weighted by Gasteiger charge is 2.36. The first-order valence-electron chi connectivity index (χ1n) is 12.6. The number of hydrogen-bond donors (Lipinski definition) is 1. The van der Waals surface area contributed by atoms with E-state index in [-0.39, 0.29) is 38.4 Å². The van der Waals surface area contributed by atoms with Crippen molar-refractivity contribution in [2.24, 2.45) is 0 Å². The molecule has 1 aromatic carbocycles. The number of benzene rings is 1. The molecule has 1 aliphatic carbocycles. The first-order chi connectivity index (χ1) is 17.5. The maximum Gasteiger partial charge on any atom is 0.408 e. The number of ether oxygens (including phenoxy) is 1. The summed E-state index contributed by atoms with van der Waals surface area (Å²) in [5.74, 6) is -1.94. The number of likely N-dealkylation sites (tertiary alicyclic amines) is 1. The van der Waals surface area contributed by atoms with Gasteiger partial charge in [-0.25, -0.2) is 13.6 Å². The topological polar surface area (TPSA) is 84.7 Å². The Kier molecular flexibility index (Phi) is 6.41. The van der Waals surface area contributed by atoms with Gasteiger partial charge in [0.2, 0.25) is 0 Å². The van der Waals surface area contributed by atoms with Crippen molar-refractivity contribution in [2.45, 2.75) is 70.4 Å². The molecule has 37 heavy (non-hydrogen) atoms. The number of piperidine rings is 1. The van der Waals surface area contributed by atoms with Crippen LogP contribution in [0, 0.1) is 0 Å². The summed E-state index contributed by atoms with van der Waals surface area (Å²) in [5, 5.41) is 3.64. The smallest absolute Gasteiger partial charge is 0.408 e. The predicted molar refractivity (Wildman–Crippen MR) is 135 cm³/mol. The van der Waals surface area contributed by atoms with Crippen LogP contribution < -0.4 is 5.32 Å². The fraction of sp³-hybridized carbons (Fsp3) is 0.464. The lowest BCUT2D eigenvalue weighted by Gasteiger charge is -2.31. The number of fused-ring (bicyclic) bond motifs is 1. The fourth-order valence-electron chi connectivity index (χ4n) is 4.55. The van der Waals surface area contributed by atoms with Crippen LogP contribution in [0.15, 0.2) is 40.9 Å². The minimum Gasteiger partial charge on any atom is -0.459 e. The average molecular weight is 512 g/mol. The molecule has 1 aliphatic heterocycles. The summed E-state index contributed by atoms with van der Waals surface area (Å²) in [6.45, 7) is 5.72.